The van der Waals surface area contributed by atoms with E-state index in [1.54, 1.807) is 0 Å². The molecule has 0 aliphatic heterocycles. The quantitative estimate of drug-likeness (QED) is 0.833. The number of carbonyl (C=O) groups is 2. The van der Waals surface area contributed by atoms with E-state index in [1.165, 1.54) is 0 Å². The molecule has 4 nitrogen and oxygen atoms in total. The Morgan fingerprint density at radius 3 is 2.45 bits per heavy atom. The Kier molecular flexibility index (Phi) is 6.77. The minimum absolute atomic E-state index is 0.0269. The molecule has 2 atom stereocenters. The van der Waals surface area contributed by atoms with Crippen molar-refractivity contribution in [3.8, 4) is 0 Å². The summed E-state index contributed by atoms with van der Waals surface area (Å²) in [5, 5.41) is 2.50. The highest BCUT2D eigenvalue weighted by Crippen LogP contribution is 2.14. The number of Topliss-reactive ketones (excluding diaryl/α,β-unsaturated/α-hetero) is 1. The number of ether oxygens (including phenoxy) is 1. The molecule has 20 heavy (non-hydrogen) atoms. The highest BCUT2D eigenvalue weighted by atomic mass is 16.5. The second-order valence-corrected chi connectivity index (χ2v) is 5.06. The van der Waals surface area contributed by atoms with Gasteiger partial charge in [0.2, 0.25) is 0 Å². The van der Waals surface area contributed by atoms with E-state index in [0.29, 0.717) is 5.92 Å². The van der Waals surface area contributed by atoms with Crippen molar-refractivity contribution in [2.45, 2.75) is 33.8 Å². The minimum Gasteiger partial charge on any atom is -0.445 e. The fraction of sp³-hybridized carbons (Fsp3) is 0.500. The van der Waals surface area contributed by atoms with Gasteiger partial charge >= 0.3 is 6.09 Å². The number of benzene rings is 1. The summed E-state index contributed by atoms with van der Waals surface area (Å²) in [6.45, 7) is 6.22. The summed E-state index contributed by atoms with van der Waals surface area (Å²) in [5.41, 5.74) is 0.918. The Labute approximate surface area is 120 Å². The zero-order valence-electron chi connectivity index (χ0n) is 12.4. The van der Waals surface area contributed by atoms with Crippen molar-refractivity contribution < 1.29 is 14.3 Å². The van der Waals surface area contributed by atoms with Crippen molar-refractivity contribution in [1.29, 1.82) is 0 Å². The first-order valence-corrected chi connectivity index (χ1v) is 7.01. The zero-order valence-corrected chi connectivity index (χ0v) is 12.4. The third-order valence-corrected chi connectivity index (χ3v) is 3.63. The Balaban J connectivity index is 2.28. The average molecular weight is 277 g/mol. The molecule has 0 saturated heterocycles. The molecule has 0 aliphatic rings. The molecule has 1 amide bonds. The lowest BCUT2D eigenvalue weighted by molar-refractivity contribution is -0.122. The predicted molar refractivity (Wildman–Crippen MR) is 78.3 cm³/mol. The van der Waals surface area contributed by atoms with Crippen molar-refractivity contribution in [1.82, 2.24) is 5.32 Å². The fourth-order valence-corrected chi connectivity index (χ4v) is 1.77. The van der Waals surface area contributed by atoms with Gasteiger partial charge < -0.3 is 10.1 Å². The standard InChI is InChI=1S/C16H23NO3/c1-4-12(2)13(3)15(18)10-17-16(19)20-11-14-8-6-5-7-9-14/h5-9,12-13H,4,10-11H2,1-3H3,(H,17,19). The molecule has 0 aromatic heterocycles. The van der Waals surface area contributed by atoms with E-state index in [0.717, 1.165) is 12.0 Å². The van der Waals surface area contributed by atoms with Crippen molar-refractivity contribution >= 4 is 11.9 Å². The van der Waals surface area contributed by atoms with Gasteiger partial charge in [0.05, 0.1) is 6.54 Å². The third kappa shape index (κ3) is 5.43. The number of hydrogen-bond donors (Lipinski definition) is 1. The summed E-state index contributed by atoms with van der Waals surface area (Å²) >= 11 is 0. The average Bonchev–Trinajstić information content (AvgIpc) is 2.49. The van der Waals surface area contributed by atoms with Crippen LogP contribution in [0.1, 0.15) is 32.8 Å². The second-order valence-electron chi connectivity index (χ2n) is 5.06. The van der Waals surface area contributed by atoms with Crippen LogP contribution in [0.25, 0.3) is 0 Å². The fourth-order valence-electron chi connectivity index (χ4n) is 1.77. The summed E-state index contributed by atoms with van der Waals surface area (Å²) in [6, 6.07) is 9.42. The van der Waals surface area contributed by atoms with Gasteiger partial charge in [0.1, 0.15) is 6.61 Å². The van der Waals surface area contributed by atoms with Gasteiger partial charge in [0, 0.05) is 5.92 Å². The molecule has 0 spiro atoms. The molecule has 0 aliphatic carbocycles. The summed E-state index contributed by atoms with van der Waals surface area (Å²) in [7, 11) is 0. The molecule has 0 radical (unpaired) electrons. The maximum absolute atomic E-state index is 11.9. The van der Waals surface area contributed by atoms with Crippen molar-refractivity contribution in [3.63, 3.8) is 0 Å². The molecule has 1 N–H and O–H groups in total. The van der Waals surface area contributed by atoms with E-state index in [2.05, 4.69) is 12.2 Å². The minimum atomic E-state index is -0.557. The summed E-state index contributed by atoms with van der Waals surface area (Å²) in [4.78, 5) is 23.3. The van der Waals surface area contributed by atoms with Crippen LogP contribution in [0.5, 0.6) is 0 Å². The Morgan fingerprint density at radius 2 is 1.85 bits per heavy atom. The Morgan fingerprint density at radius 1 is 1.20 bits per heavy atom. The highest BCUT2D eigenvalue weighted by Gasteiger charge is 2.19. The molecular formula is C16H23NO3. The van der Waals surface area contributed by atoms with Crippen LogP contribution < -0.4 is 5.32 Å². The van der Waals surface area contributed by atoms with Crippen LogP contribution in [0.15, 0.2) is 30.3 Å². The largest absolute Gasteiger partial charge is 0.445 e. The van der Waals surface area contributed by atoms with Gasteiger partial charge in [-0.3, -0.25) is 4.79 Å². The topological polar surface area (TPSA) is 55.4 Å². The van der Waals surface area contributed by atoms with Crippen LogP contribution in [0.2, 0.25) is 0 Å². The van der Waals surface area contributed by atoms with Crippen molar-refractivity contribution in [3.05, 3.63) is 35.9 Å². The molecule has 1 aromatic rings. The highest BCUT2D eigenvalue weighted by molar-refractivity contribution is 5.85. The SMILES string of the molecule is CCC(C)C(C)C(=O)CNC(=O)OCc1ccccc1. The second kappa shape index (κ2) is 8.35. The molecule has 2 unspecified atom stereocenters. The van der Waals surface area contributed by atoms with E-state index in [4.69, 9.17) is 4.74 Å². The number of ketones is 1. The first-order valence-electron chi connectivity index (χ1n) is 7.01. The number of amides is 1. The Hall–Kier alpha value is -1.84. The lowest BCUT2D eigenvalue weighted by Crippen LogP contribution is -2.34. The maximum Gasteiger partial charge on any atom is 0.407 e. The zero-order chi connectivity index (χ0) is 15.0. The van der Waals surface area contributed by atoms with Gasteiger partial charge in [0.15, 0.2) is 5.78 Å². The van der Waals surface area contributed by atoms with E-state index >= 15 is 0 Å². The smallest absolute Gasteiger partial charge is 0.407 e. The number of alkyl carbamates (subject to hydrolysis) is 1. The predicted octanol–water partition coefficient (Wildman–Crippen LogP) is 3.16. The molecular weight excluding hydrogens is 254 g/mol. The molecule has 1 aromatic carbocycles. The first kappa shape index (κ1) is 16.2. The molecule has 0 bridgehead atoms. The number of carbonyl (C=O) groups excluding carboxylic acids is 2. The van der Waals surface area contributed by atoms with Crippen molar-refractivity contribution in [2.24, 2.45) is 11.8 Å². The van der Waals surface area contributed by atoms with E-state index in [-0.39, 0.29) is 24.9 Å². The summed E-state index contributed by atoms with van der Waals surface area (Å²) in [5.74, 6) is 0.315. The van der Waals surface area contributed by atoms with E-state index in [9.17, 15) is 9.59 Å². The van der Waals surface area contributed by atoms with Gasteiger partial charge in [0.25, 0.3) is 0 Å². The molecule has 0 saturated carbocycles. The number of nitrogens with one attached hydrogen (secondary N) is 1. The van der Waals surface area contributed by atoms with Gasteiger partial charge in [-0.2, -0.15) is 0 Å². The van der Waals surface area contributed by atoms with Gasteiger partial charge in [-0.15, -0.1) is 0 Å². The first-order chi connectivity index (χ1) is 9.54. The number of hydrogen-bond acceptors (Lipinski definition) is 3. The van der Waals surface area contributed by atoms with Crippen LogP contribution in [0, 0.1) is 11.8 Å². The molecule has 110 valence electrons. The van der Waals surface area contributed by atoms with Gasteiger partial charge in [-0.25, -0.2) is 4.79 Å². The lowest BCUT2D eigenvalue weighted by Gasteiger charge is -2.17. The molecule has 1 rings (SSSR count). The summed E-state index contributed by atoms with van der Waals surface area (Å²) < 4.78 is 5.04. The van der Waals surface area contributed by atoms with E-state index in [1.807, 2.05) is 44.2 Å². The molecule has 0 heterocycles. The van der Waals surface area contributed by atoms with Gasteiger partial charge in [-0.05, 0) is 11.5 Å². The van der Waals surface area contributed by atoms with Crippen LogP contribution >= 0.6 is 0 Å². The van der Waals surface area contributed by atoms with E-state index < -0.39 is 6.09 Å². The molecule has 0 fully saturated rings. The normalized spacial score (nSPS) is 13.3. The van der Waals surface area contributed by atoms with Crippen molar-refractivity contribution in [2.75, 3.05) is 6.54 Å². The van der Waals surface area contributed by atoms with Gasteiger partial charge in [-0.1, -0.05) is 57.5 Å². The molecule has 4 heteroatoms. The number of rotatable bonds is 7. The maximum atomic E-state index is 11.9. The third-order valence-electron chi connectivity index (χ3n) is 3.63. The van der Waals surface area contributed by atoms with Crippen LogP contribution in [0.4, 0.5) is 4.79 Å². The Bertz CT molecular complexity index is 431. The van der Waals surface area contributed by atoms with Crippen LogP contribution in [-0.4, -0.2) is 18.4 Å². The van der Waals surface area contributed by atoms with Crippen LogP contribution in [-0.2, 0) is 16.1 Å². The van der Waals surface area contributed by atoms with Crippen LogP contribution in [0.3, 0.4) is 0 Å². The lowest BCUT2D eigenvalue weighted by atomic mass is 9.90. The monoisotopic (exact) mass is 277 g/mol. The summed E-state index contributed by atoms with van der Waals surface area (Å²) in [6.07, 6.45) is 0.393.